The Balaban J connectivity index is 1.41. The van der Waals surface area contributed by atoms with Gasteiger partial charge in [-0.2, -0.15) is 5.10 Å². The molecule has 1 aliphatic rings. The second-order valence-corrected chi connectivity index (χ2v) is 8.85. The van der Waals surface area contributed by atoms with Gasteiger partial charge in [-0.15, -0.1) is 0 Å². The number of imide groups is 1. The third-order valence-electron chi connectivity index (χ3n) is 6.59. The molecule has 3 aromatic carbocycles. The molecule has 2 heterocycles. The molecule has 180 valence electrons. The highest BCUT2D eigenvalue weighted by Crippen LogP contribution is 2.26. The van der Waals surface area contributed by atoms with Crippen molar-refractivity contribution in [3.63, 3.8) is 0 Å². The van der Waals surface area contributed by atoms with Gasteiger partial charge in [-0.3, -0.25) is 19.3 Å². The molecule has 1 unspecified atom stereocenters. The first kappa shape index (κ1) is 23.2. The van der Waals surface area contributed by atoms with Gasteiger partial charge in [0.1, 0.15) is 6.04 Å². The van der Waals surface area contributed by atoms with Crippen LogP contribution in [0.2, 0.25) is 0 Å². The number of hydrogen-bond acceptors (Lipinski definition) is 4. The molecule has 0 saturated carbocycles. The summed E-state index contributed by atoms with van der Waals surface area (Å²) in [6.07, 6.45) is 0.222. The lowest BCUT2D eigenvalue weighted by molar-refractivity contribution is -0.125. The first-order chi connectivity index (χ1) is 17.5. The lowest BCUT2D eigenvalue weighted by Gasteiger charge is -2.25. The third-order valence-corrected chi connectivity index (χ3v) is 6.59. The van der Waals surface area contributed by atoms with Crippen molar-refractivity contribution in [2.75, 3.05) is 0 Å². The second kappa shape index (κ2) is 9.62. The number of benzene rings is 3. The van der Waals surface area contributed by atoms with Crippen LogP contribution in [-0.2, 0) is 17.8 Å². The third kappa shape index (κ3) is 4.20. The van der Waals surface area contributed by atoms with Crippen molar-refractivity contribution in [2.45, 2.75) is 32.9 Å². The summed E-state index contributed by atoms with van der Waals surface area (Å²) in [4.78, 5) is 41.1. The molecule has 0 fully saturated rings. The number of aromatic nitrogens is 2. The van der Waals surface area contributed by atoms with E-state index in [0.29, 0.717) is 11.1 Å². The maximum Gasteiger partial charge on any atom is 0.262 e. The Morgan fingerprint density at radius 2 is 1.39 bits per heavy atom. The van der Waals surface area contributed by atoms with Crippen LogP contribution in [0.1, 0.15) is 43.2 Å². The number of amides is 3. The van der Waals surface area contributed by atoms with Gasteiger partial charge in [-0.25, -0.2) is 4.68 Å². The van der Waals surface area contributed by atoms with Crippen LogP contribution < -0.4 is 5.32 Å². The van der Waals surface area contributed by atoms with E-state index < -0.39 is 17.9 Å². The zero-order valence-corrected chi connectivity index (χ0v) is 20.1. The zero-order valence-electron chi connectivity index (χ0n) is 20.1. The average molecular weight is 479 g/mol. The van der Waals surface area contributed by atoms with Crippen molar-refractivity contribution in [1.29, 1.82) is 0 Å². The second-order valence-electron chi connectivity index (χ2n) is 8.85. The number of para-hydroxylation sites is 1. The van der Waals surface area contributed by atoms with Gasteiger partial charge in [0, 0.05) is 24.2 Å². The minimum atomic E-state index is -0.982. The molecule has 1 aromatic heterocycles. The topological polar surface area (TPSA) is 84.3 Å². The van der Waals surface area contributed by atoms with Crippen LogP contribution in [-0.4, -0.2) is 38.4 Å². The van der Waals surface area contributed by atoms with E-state index in [-0.39, 0.29) is 18.9 Å². The lowest BCUT2D eigenvalue weighted by Crippen LogP contribution is -2.50. The van der Waals surface area contributed by atoms with E-state index in [0.717, 1.165) is 33.1 Å². The van der Waals surface area contributed by atoms with Crippen molar-refractivity contribution < 1.29 is 14.4 Å². The molecule has 0 spiro atoms. The van der Waals surface area contributed by atoms with Crippen LogP contribution >= 0.6 is 0 Å². The van der Waals surface area contributed by atoms with E-state index in [9.17, 15) is 14.4 Å². The summed E-state index contributed by atoms with van der Waals surface area (Å²) < 4.78 is 1.85. The summed E-state index contributed by atoms with van der Waals surface area (Å²) in [5.41, 5.74) is 5.06. The summed E-state index contributed by atoms with van der Waals surface area (Å²) in [6.45, 7) is 4.09. The van der Waals surface area contributed by atoms with Gasteiger partial charge < -0.3 is 5.32 Å². The van der Waals surface area contributed by atoms with E-state index in [2.05, 4.69) is 10.4 Å². The molecule has 1 N–H and O–H groups in total. The first-order valence-corrected chi connectivity index (χ1v) is 11.8. The maximum atomic E-state index is 13.6. The zero-order chi connectivity index (χ0) is 25.2. The molecule has 36 heavy (non-hydrogen) atoms. The van der Waals surface area contributed by atoms with Crippen LogP contribution in [0, 0.1) is 13.8 Å². The van der Waals surface area contributed by atoms with Crippen molar-refractivity contribution in [2.24, 2.45) is 0 Å². The largest absolute Gasteiger partial charge is 0.350 e. The molecule has 1 aliphatic heterocycles. The lowest BCUT2D eigenvalue weighted by atomic mass is 10.0. The average Bonchev–Trinajstić information content (AvgIpc) is 3.34. The molecule has 0 aliphatic carbocycles. The fraction of sp³-hybridized carbons (Fsp3) is 0.172. The number of carbonyl (C=O) groups is 3. The maximum absolute atomic E-state index is 13.6. The van der Waals surface area contributed by atoms with Gasteiger partial charge in [0.05, 0.1) is 22.5 Å². The van der Waals surface area contributed by atoms with Gasteiger partial charge in [-0.05, 0) is 43.7 Å². The molecule has 3 amide bonds. The van der Waals surface area contributed by atoms with Crippen molar-refractivity contribution in [3.8, 4) is 5.69 Å². The highest BCUT2D eigenvalue weighted by atomic mass is 16.2. The van der Waals surface area contributed by atoms with Gasteiger partial charge in [0.15, 0.2) is 0 Å². The number of nitrogens with one attached hydrogen (secondary N) is 1. The van der Waals surface area contributed by atoms with Gasteiger partial charge in [0.2, 0.25) is 5.91 Å². The monoisotopic (exact) mass is 478 g/mol. The van der Waals surface area contributed by atoms with E-state index in [4.69, 9.17) is 0 Å². The molecule has 5 rings (SSSR count). The molecule has 1 atom stereocenters. The smallest absolute Gasteiger partial charge is 0.262 e. The van der Waals surface area contributed by atoms with Gasteiger partial charge >= 0.3 is 0 Å². The van der Waals surface area contributed by atoms with E-state index in [1.165, 1.54) is 0 Å². The van der Waals surface area contributed by atoms with Crippen LogP contribution in [0.3, 0.4) is 0 Å². The standard InChI is InChI=1S/C29H26N4O3/c1-19-25(20(2)33(31-19)22-13-7-4-8-14-22)18-30-27(34)26(17-21-11-5-3-6-12-21)32-28(35)23-15-9-10-16-24(23)29(32)36/h3-16,26H,17-18H2,1-2H3,(H,30,34). The summed E-state index contributed by atoms with van der Waals surface area (Å²) >= 11 is 0. The summed E-state index contributed by atoms with van der Waals surface area (Å²) in [5, 5.41) is 7.62. The van der Waals surface area contributed by atoms with Crippen molar-refractivity contribution in [1.82, 2.24) is 20.0 Å². The van der Waals surface area contributed by atoms with Crippen molar-refractivity contribution >= 4 is 17.7 Å². The fourth-order valence-electron chi connectivity index (χ4n) is 4.67. The Morgan fingerprint density at radius 3 is 2.00 bits per heavy atom. The highest BCUT2D eigenvalue weighted by molar-refractivity contribution is 6.22. The molecule has 0 radical (unpaired) electrons. The summed E-state index contributed by atoms with van der Waals surface area (Å²) in [6, 6.07) is 24.9. The summed E-state index contributed by atoms with van der Waals surface area (Å²) in [5.74, 6) is -1.29. The Morgan fingerprint density at radius 1 is 0.833 bits per heavy atom. The molecule has 4 aromatic rings. The van der Waals surface area contributed by atoms with Crippen LogP contribution in [0.25, 0.3) is 5.69 Å². The molecule has 0 saturated heterocycles. The Kier molecular flexibility index (Phi) is 6.21. The number of nitrogens with zero attached hydrogens (tertiary/aromatic N) is 3. The van der Waals surface area contributed by atoms with Crippen LogP contribution in [0.15, 0.2) is 84.9 Å². The molecule has 7 nitrogen and oxygen atoms in total. The Hall–Kier alpha value is -4.52. The highest BCUT2D eigenvalue weighted by Gasteiger charge is 2.42. The van der Waals surface area contributed by atoms with Crippen LogP contribution in [0.5, 0.6) is 0 Å². The fourth-order valence-corrected chi connectivity index (χ4v) is 4.67. The van der Waals surface area contributed by atoms with E-state index in [1.54, 1.807) is 24.3 Å². The number of aryl methyl sites for hydroxylation is 1. The summed E-state index contributed by atoms with van der Waals surface area (Å²) in [7, 11) is 0. The minimum absolute atomic E-state index is 0.222. The predicted octanol–water partition coefficient (Wildman–Crippen LogP) is 4.01. The normalized spacial score (nSPS) is 13.6. The van der Waals surface area contributed by atoms with Gasteiger partial charge in [0.25, 0.3) is 11.8 Å². The first-order valence-electron chi connectivity index (χ1n) is 11.8. The molecule has 7 heteroatoms. The molecular formula is C29H26N4O3. The number of fused-ring (bicyclic) bond motifs is 1. The number of carbonyl (C=O) groups excluding carboxylic acids is 3. The Labute approximate surface area is 209 Å². The number of hydrogen-bond donors (Lipinski definition) is 1. The Bertz CT molecular complexity index is 1410. The van der Waals surface area contributed by atoms with Crippen LogP contribution in [0.4, 0.5) is 0 Å². The minimum Gasteiger partial charge on any atom is -0.350 e. The number of rotatable bonds is 7. The van der Waals surface area contributed by atoms with E-state index in [1.807, 2.05) is 79.2 Å². The predicted molar refractivity (Wildman–Crippen MR) is 136 cm³/mol. The molecular weight excluding hydrogens is 452 g/mol. The van der Waals surface area contributed by atoms with E-state index >= 15 is 0 Å². The quantitative estimate of drug-likeness (QED) is 0.407. The van der Waals surface area contributed by atoms with Gasteiger partial charge in [-0.1, -0.05) is 60.7 Å². The van der Waals surface area contributed by atoms with Crippen molar-refractivity contribution in [3.05, 3.63) is 119 Å². The molecule has 0 bridgehead atoms. The SMILES string of the molecule is Cc1nn(-c2ccccc2)c(C)c1CNC(=O)C(Cc1ccccc1)N1C(=O)c2ccccc2C1=O.